The van der Waals surface area contributed by atoms with E-state index in [2.05, 4.69) is 15.0 Å². The molecule has 0 unspecified atom stereocenters. The lowest BCUT2D eigenvalue weighted by Gasteiger charge is -2.35. The van der Waals surface area contributed by atoms with Gasteiger partial charge in [0.25, 0.3) is 5.91 Å². The molecule has 6 nitrogen and oxygen atoms in total. The van der Waals surface area contributed by atoms with E-state index in [-0.39, 0.29) is 11.7 Å². The lowest BCUT2D eigenvalue weighted by atomic mass is 10.1. The standard InChI is InChI=1S/C13H14ClN5O/c1-17-5-6-19(11-7-9(14)3-4-10(11)17)13(20)12-15-8-18(2)16-12/h3-4,7-8H,5-6H2,1-2H3. The predicted octanol–water partition coefficient (Wildman–Crippen LogP) is 1.57. The van der Waals surface area contributed by atoms with Crippen molar-refractivity contribution in [3.8, 4) is 0 Å². The van der Waals surface area contributed by atoms with Crippen LogP contribution in [0.5, 0.6) is 0 Å². The third-order valence-corrected chi connectivity index (χ3v) is 3.57. The average molecular weight is 292 g/mol. The highest BCUT2D eigenvalue weighted by molar-refractivity contribution is 6.31. The van der Waals surface area contributed by atoms with Crippen LogP contribution in [-0.2, 0) is 7.05 Å². The van der Waals surface area contributed by atoms with Gasteiger partial charge in [-0.2, -0.15) is 0 Å². The number of amides is 1. The second-order valence-electron chi connectivity index (χ2n) is 4.75. The number of carbonyl (C=O) groups excluding carboxylic acids is 1. The van der Waals surface area contributed by atoms with Gasteiger partial charge in [-0.1, -0.05) is 11.6 Å². The van der Waals surface area contributed by atoms with Crippen LogP contribution in [-0.4, -0.2) is 40.8 Å². The number of aryl methyl sites for hydroxylation is 1. The summed E-state index contributed by atoms with van der Waals surface area (Å²) in [5, 5.41) is 4.67. The van der Waals surface area contributed by atoms with Gasteiger partial charge >= 0.3 is 0 Å². The highest BCUT2D eigenvalue weighted by Gasteiger charge is 2.28. The number of anilines is 2. The number of nitrogens with zero attached hydrogens (tertiary/aromatic N) is 5. The average Bonchev–Trinajstić information content (AvgIpc) is 2.85. The van der Waals surface area contributed by atoms with E-state index in [1.54, 1.807) is 18.0 Å². The summed E-state index contributed by atoms with van der Waals surface area (Å²) >= 11 is 6.05. The topological polar surface area (TPSA) is 54.3 Å². The van der Waals surface area contributed by atoms with Gasteiger partial charge in [0.15, 0.2) is 0 Å². The van der Waals surface area contributed by atoms with E-state index in [9.17, 15) is 4.79 Å². The summed E-state index contributed by atoms with van der Waals surface area (Å²) < 4.78 is 1.52. The number of hydrogen-bond donors (Lipinski definition) is 0. The Hall–Kier alpha value is -2.08. The molecular weight excluding hydrogens is 278 g/mol. The number of likely N-dealkylation sites (N-methyl/N-ethyl adjacent to an activating group) is 1. The van der Waals surface area contributed by atoms with Crippen LogP contribution in [0.3, 0.4) is 0 Å². The summed E-state index contributed by atoms with van der Waals surface area (Å²) in [5.74, 6) is -0.00908. The van der Waals surface area contributed by atoms with Crippen LogP contribution in [0.4, 0.5) is 11.4 Å². The zero-order chi connectivity index (χ0) is 14.3. The number of rotatable bonds is 1. The van der Waals surface area contributed by atoms with Crippen molar-refractivity contribution in [3.63, 3.8) is 0 Å². The summed E-state index contributed by atoms with van der Waals surface area (Å²) in [7, 11) is 3.73. The number of hydrogen-bond acceptors (Lipinski definition) is 4. The smallest absolute Gasteiger partial charge is 0.298 e. The molecule has 0 bridgehead atoms. The lowest BCUT2D eigenvalue weighted by molar-refractivity contribution is 0.0976. The van der Waals surface area contributed by atoms with Crippen LogP contribution in [0.2, 0.25) is 5.02 Å². The van der Waals surface area contributed by atoms with Gasteiger partial charge < -0.3 is 9.80 Å². The van der Waals surface area contributed by atoms with Crippen molar-refractivity contribution in [1.29, 1.82) is 0 Å². The molecule has 0 aliphatic carbocycles. The molecule has 2 heterocycles. The molecule has 0 saturated heterocycles. The highest BCUT2D eigenvalue weighted by Crippen LogP contribution is 2.35. The van der Waals surface area contributed by atoms with Gasteiger partial charge in [-0.3, -0.25) is 9.48 Å². The van der Waals surface area contributed by atoms with Crippen LogP contribution in [0.15, 0.2) is 24.5 Å². The molecule has 1 amide bonds. The molecule has 0 radical (unpaired) electrons. The Balaban J connectivity index is 2.02. The molecule has 1 aliphatic heterocycles. The Kier molecular flexibility index (Phi) is 3.10. The summed E-state index contributed by atoms with van der Waals surface area (Å²) in [6.45, 7) is 1.34. The van der Waals surface area contributed by atoms with Crippen molar-refractivity contribution in [1.82, 2.24) is 14.8 Å². The Morgan fingerprint density at radius 2 is 2.05 bits per heavy atom. The molecule has 0 N–H and O–H groups in total. The first-order valence-electron chi connectivity index (χ1n) is 6.24. The van der Waals surface area contributed by atoms with E-state index in [1.807, 2.05) is 19.2 Å². The van der Waals surface area contributed by atoms with Crippen LogP contribution in [0.25, 0.3) is 0 Å². The fourth-order valence-corrected chi connectivity index (χ4v) is 2.46. The number of aromatic nitrogens is 3. The first kappa shape index (κ1) is 12.9. The molecule has 1 aromatic carbocycles. The van der Waals surface area contributed by atoms with E-state index in [4.69, 9.17) is 11.6 Å². The molecule has 3 rings (SSSR count). The molecule has 1 aromatic heterocycles. The fraction of sp³-hybridized carbons (Fsp3) is 0.308. The monoisotopic (exact) mass is 291 g/mol. The van der Waals surface area contributed by atoms with Gasteiger partial charge in [0.05, 0.1) is 11.4 Å². The highest BCUT2D eigenvalue weighted by atomic mass is 35.5. The second kappa shape index (κ2) is 4.79. The summed E-state index contributed by atoms with van der Waals surface area (Å²) in [5.41, 5.74) is 1.77. The Morgan fingerprint density at radius 1 is 1.25 bits per heavy atom. The molecule has 0 saturated carbocycles. The zero-order valence-electron chi connectivity index (χ0n) is 11.2. The van der Waals surface area contributed by atoms with E-state index in [0.29, 0.717) is 11.6 Å². The van der Waals surface area contributed by atoms with Crippen molar-refractivity contribution in [3.05, 3.63) is 35.4 Å². The van der Waals surface area contributed by atoms with Crippen LogP contribution >= 0.6 is 11.6 Å². The third kappa shape index (κ3) is 2.12. The molecule has 104 valence electrons. The summed E-state index contributed by atoms with van der Waals surface area (Å²) in [6.07, 6.45) is 1.52. The van der Waals surface area contributed by atoms with Crippen LogP contribution < -0.4 is 9.80 Å². The maximum Gasteiger partial charge on any atom is 0.298 e. The number of benzene rings is 1. The Morgan fingerprint density at radius 3 is 2.75 bits per heavy atom. The summed E-state index contributed by atoms with van der Waals surface area (Å²) in [6, 6.07) is 5.54. The van der Waals surface area contributed by atoms with Crippen LogP contribution in [0, 0.1) is 0 Å². The van der Waals surface area contributed by atoms with Crippen molar-refractivity contribution < 1.29 is 4.79 Å². The van der Waals surface area contributed by atoms with Gasteiger partial charge in [0.2, 0.25) is 5.82 Å². The van der Waals surface area contributed by atoms with E-state index >= 15 is 0 Å². The Bertz CT molecular complexity index is 669. The van der Waals surface area contributed by atoms with E-state index in [1.165, 1.54) is 11.0 Å². The normalized spacial score (nSPS) is 14.3. The Labute approximate surface area is 121 Å². The fourth-order valence-electron chi connectivity index (χ4n) is 2.30. The number of halogens is 1. The third-order valence-electron chi connectivity index (χ3n) is 3.33. The van der Waals surface area contributed by atoms with Gasteiger partial charge in [0, 0.05) is 32.2 Å². The van der Waals surface area contributed by atoms with Crippen LogP contribution in [0.1, 0.15) is 10.6 Å². The minimum atomic E-state index is -0.206. The van der Waals surface area contributed by atoms with Crippen molar-refractivity contribution in [2.45, 2.75) is 0 Å². The lowest BCUT2D eigenvalue weighted by Crippen LogP contribution is -2.43. The van der Waals surface area contributed by atoms with Crippen molar-refractivity contribution >= 4 is 28.9 Å². The summed E-state index contributed by atoms with van der Waals surface area (Å²) in [4.78, 5) is 20.3. The molecular formula is C13H14ClN5O. The predicted molar refractivity (Wildman–Crippen MR) is 77.4 cm³/mol. The molecule has 0 fully saturated rings. The molecule has 0 atom stereocenters. The van der Waals surface area contributed by atoms with Crippen molar-refractivity contribution in [2.75, 3.05) is 29.9 Å². The first-order chi connectivity index (χ1) is 9.56. The zero-order valence-corrected chi connectivity index (χ0v) is 12.0. The minimum absolute atomic E-state index is 0.197. The molecule has 0 spiro atoms. The SMILES string of the molecule is CN1CCN(C(=O)c2ncn(C)n2)c2cc(Cl)ccc21. The quantitative estimate of drug-likeness (QED) is 0.800. The van der Waals surface area contributed by atoms with Crippen molar-refractivity contribution in [2.24, 2.45) is 7.05 Å². The maximum absolute atomic E-state index is 12.5. The number of carbonyl (C=O) groups is 1. The van der Waals surface area contributed by atoms with E-state index in [0.717, 1.165) is 17.9 Å². The maximum atomic E-state index is 12.5. The molecule has 2 aromatic rings. The second-order valence-corrected chi connectivity index (χ2v) is 5.19. The van der Waals surface area contributed by atoms with Gasteiger partial charge in [-0.25, -0.2) is 4.98 Å². The van der Waals surface area contributed by atoms with E-state index < -0.39 is 0 Å². The number of fused-ring (bicyclic) bond motifs is 1. The molecule has 7 heteroatoms. The van der Waals surface area contributed by atoms with Gasteiger partial charge in [0.1, 0.15) is 6.33 Å². The molecule has 1 aliphatic rings. The first-order valence-corrected chi connectivity index (χ1v) is 6.62. The molecule has 20 heavy (non-hydrogen) atoms. The minimum Gasteiger partial charge on any atom is -0.371 e. The van der Waals surface area contributed by atoms with Gasteiger partial charge in [-0.05, 0) is 18.2 Å². The largest absolute Gasteiger partial charge is 0.371 e. The van der Waals surface area contributed by atoms with Gasteiger partial charge in [-0.15, -0.1) is 5.10 Å².